The van der Waals surface area contributed by atoms with E-state index in [-0.39, 0.29) is 11.9 Å². The van der Waals surface area contributed by atoms with Gasteiger partial charge in [-0.05, 0) is 24.1 Å². The normalized spacial score (nSPS) is 12.3. The van der Waals surface area contributed by atoms with Gasteiger partial charge < -0.3 is 5.32 Å². The van der Waals surface area contributed by atoms with Crippen molar-refractivity contribution in [2.24, 2.45) is 0 Å². The van der Waals surface area contributed by atoms with Gasteiger partial charge in [-0.3, -0.25) is 19.7 Å². The van der Waals surface area contributed by atoms with E-state index in [1.807, 2.05) is 46.2 Å². The molecule has 3 N–H and O–H groups in total. The fraction of sp³-hybridized carbons (Fsp3) is 0.150. The van der Waals surface area contributed by atoms with Gasteiger partial charge in [-0.1, -0.05) is 13.0 Å². The Balaban J connectivity index is 1.37. The first kappa shape index (κ1) is 18.3. The Morgan fingerprint density at radius 2 is 2.23 bits per heavy atom. The lowest BCUT2D eigenvalue weighted by molar-refractivity contribution is 0.102. The smallest absolute Gasteiger partial charge is 0.276 e. The number of H-pyrrole nitrogens is 2. The molecule has 9 nitrogen and oxygen atoms in total. The summed E-state index contributed by atoms with van der Waals surface area (Å²) in [5, 5.41) is 24.0. The summed E-state index contributed by atoms with van der Waals surface area (Å²) >= 11 is 1.56. The highest BCUT2D eigenvalue weighted by Gasteiger charge is 2.18. The molecule has 1 aromatic carbocycles. The quantitative estimate of drug-likeness (QED) is 0.387. The van der Waals surface area contributed by atoms with Crippen molar-refractivity contribution in [2.45, 2.75) is 19.4 Å². The average molecular weight is 418 g/mol. The van der Waals surface area contributed by atoms with Crippen LogP contribution in [-0.2, 0) is 0 Å². The highest BCUT2D eigenvalue weighted by Crippen LogP contribution is 2.26. The van der Waals surface area contributed by atoms with Crippen LogP contribution in [0.2, 0.25) is 0 Å². The molecule has 5 rings (SSSR count). The second-order valence-electron chi connectivity index (χ2n) is 6.82. The van der Waals surface area contributed by atoms with E-state index in [0.717, 1.165) is 34.1 Å². The fourth-order valence-corrected chi connectivity index (χ4v) is 4.06. The topological polar surface area (TPSA) is 117 Å². The molecule has 0 saturated heterocycles. The molecule has 1 unspecified atom stereocenters. The average Bonchev–Trinajstić information content (AvgIpc) is 3.55. The molecule has 30 heavy (non-hydrogen) atoms. The zero-order chi connectivity index (χ0) is 20.5. The Labute approximate surface area is 175 Å². The van der Waals surface area contributed by atoms with E-state index in [9.17, 15) is 4.79 Å². The molecule has 4 heterocycles. The van der Waals surface area contributed by atoms with E-state index in [0.29, 0.717) is 11.4 Å². The number of aromatic amines is 2. The second kappa shape index (κ2) is 7.56. The summed E-state index contributed by atoms with van der Waals surface area (Å²) in [6, 6.07) is 5.81. The van der Waals surface area contributed by atoms with Crippen LogP contribution >= 0.6 is 11.3 Å². The van der Waals surface area contributed by atoms with E-state index >= 15 is 0 Å². The minimum absolute atomic E-state index is 0.0365. The van der Waals surface area contributed by atoms with Crippen molar-refractivity contribution in [1.29, 1.82) is 0 Å². The highest BCUT2D eigenvalue weighted by molar-refractivity contribution is 7.07. The first-order valence-corrected chi connectivity index (χ1v) is 10.4. The Morgan fingerprint density at radius 3 is 3.00 bits per heavy atom. The summed E-state index contributed by atoms with van der Waals surface area (Å²) in [6.07, 6.45) is 7.87. The molecule has 5 aromatic rings. The van der Waals surface area contributed by atoms with Crippen LogP contribution in [0.1, 0.15) is 35.6 Å². The predicted molar refractivity (Wildman–Crippen MR) is 114 cm³/mol. The van der Waals surface area contributed by atoms with Crippen LogP contribution in [0.5, 0.6) is 0 Å². The Hall–Kier alpha value is -3.79. The van der Waals surface area contributed by atoms with Crippen LogP contribution in [0.3, 0.4) is 0 Å². The van der Waals surface area contributed by atoms with E-state index in [4.69, 9.17) is 0 Å². The summed E-state index contributed by atoms with van der Waals surface area (Å²) in [5.74, 6) is -0.293. The number of rotatable bonds is 6. The number of nitrogens with zero attached hydrogens (tertiary/aromatic N) is 5. The number of benzene rings is 1. The third-order valence-electron chi connectivity index (χ3n) is 4.97. The summed E-state index contributed by atoms with van der Waals surface area (Å²) in [5.41, 5.74) is 6.46. The van der Waals surface area contributed by atoms with Crippen molar-refractivity contribution in [3.05, 3.63) is 65.3 Å². The number of hydrogen-bond donors (Lipinski definition) is 3. The van der Waals surface area contributed by atoms with Gasteiger partial charge in [0, 0.05) is 28.7 Å². The minimum Gasteiger partial charge on any atom is -0.318 e. The molecule has 10 heteroatoms. The first-order valence-electron chi connectivity index (χ1n) is 9.44. The lowest BCUT2D eigenvalue weighted by Crippen LogP contribution is -2.13. The molecular formula is C20H18N8OS. The number of nitrogens with one attached hydrogen (secondary N) is 3. The van der Waals surface area contributed by atoms with Crippen molar-refractivity contribution in [3.8, 4) is 11.1 Å². The standard InChI is InChI=1S/C20H18N8OS/c1-2-18(17-10-30-11-21-17)28-9-14(8-24-28)25-20(29)19-15-4-3-12(5-16(15)26-27-19)13-6-22-23-7-13/h3-11,18H,2H2,1H3,(H,22,23)(H,25,29)(H,26,27). The maximum Gasteiger partial charge on any atom is 0.276 e. The number of thiazole rings is 1. The van der Waals surface area contributed by atoms with Gasteiger partial charge in [0.1, 0.15) is 0 Å². The molecule has 4 aromatic heterocycles. The second-order valence-corrected chi connectivity index (χ2v) is 7.54. The fourth-order valence-electron chi connectivity index (χ4n) is 3.46. The molecule has 0 bridgehead atoms. The van der Waals surface area contributed by atoms with E-state index in [2.05, 4.69) is 42.7 Å². The molecular weight excluding hydrogens is 400 g/mol. The Morgan fingerprint density at radius 1 is 1.30 bits per heavy atom. The van der Waals surface area contributed by atoms with Gasteiger partial charge >= 0.3 is 0 Å². The SMILES string of the molecule is CCC(c1cscn1)n1cc(NC(=O)c2n[nH]c3cc(-c4cn[nH]c4)ccc23)cn1. The molecule has 1 atom stereocenters. The monoisotopic (exact) mass is 418 g/mol. The molecule has 0 aliphatic carbocycles. The van der Waals surface area contributed by atoms with E-state index < -0.39 is 0 Å². The van der Waals surface area contributed by atoms with Gasteiger partial charge in [0.2, 0.25) is 0 Å². The van der Waals surface area contributed by atoms with Gasteiger partial charge in [0.25, 0.3) is 5.91 Å². The van der Waals surface area contributed by atoms with Gasteiger partial charge in [0.15, 0.2) is 5.69 Å². The molecule has 150 valence electrons. The van der Waals surface area contributed by atoms with Crippen molar-refractivity contribution in [2.75, 3.05) is 5.32 Å². The van der Waals surface area contributed by atoms with Crippen LogP contribution in [0.25, 0.3) is 22.0 Å². The van der Waals surface area contributed by atoms with Gasteiger partial charge in [-0.25, -0.2) is 4.98 Å². The minimum atomic E-state index is -0.293. The van der Waals surface area contributed by atoms with Crippen LogP contribution < -0.4 is 5.32 Å². The number of amides is 1. The third kappa shape index (κ3) is 3.26. The lowest BCUT2D eigenvalue weighted by Gasteiger charge is -2.12. The maximum absolute atomic E-state index is 12.8. The number of fused-ring (bicyclic) bond motifs is 1. The van der Waals surface area contributed by atoms with Crippen LogP contribution in [-0.4, -0.2) is 41.1 Å². The van der Waals surface area contributed by atoms with Gasteiger partial charge in [0.05, 0.1) is 40.8 Å². The summed E-state index contributed by atoms with van der Waals surface area (Å²) in [6.45, 7) is 2.08. The Bertz CT molecular complexity index is 1290. The predicted octanol–water partition coefficient (Wildman–Crippen LogP) is 3.86. The molecule has 1 amide bonds. The summed E-state index contributed by atoms with van der Waals surface area (Å²) < 4.78 is 1.82. The molecule has 0 radical (unpaired) electrons. The van der Waals surface area contributed by atoms with E-state index in [1.165, 1.54) is 0 Å². The van der Waals surface area contributed by atoms with E-state index in [1.54, 1.807) is 23.7 Å². The van der Waals surface area contributed by atoms with Crippen molar-refractivity contribution < 1.29 is 4.79 Å². The summed E-state index contributed by atoms with van der Waals surface area (Å²) in [7, 11) is 0. The first-order chi connectivity index (χ1) is 14.7. The Kier molecular flexibility index (Phi) is 4.60. The van der Waals surface area contributed by atoms with Gasteiger partial charge in [-0.2, -0.15) is 15.3 Å². The zero-order valence-electron chi connectivity index (χ0n) is 16.0. The molecule has 0 aliphatic heterocycles. The van der Waals surface area contributed by atoms with Crippen molar-refractivity contribution in [3.63, 3.8) is 0 Å². The number of carbonyl (C=O) groups is 1. The molecule has 0 spiro atoms. The van der Waals surface area contributed by atoms with Crippen LogP contribution in [0, 0.1) is 0 Å². The zero-order valence-corrected chi connectivity index (χ0v) is 16.8. The van der Waals surface area contributed by atoms with Crippen LogP contribution in [0.15, 0.2) is 53.9 Å². The van der Waals surface area contributed by atoms with Crippen molar-refractivity contribution in [1.82, 2.24) is 35.2 Å². The molecule has 0 saturated carbocycles. The van der Waals surface area contributed by atoms with Gasteiger partial charge in [-0.15, -0.1) is 11.3 Å². The maximum atomic E-state index is 12.8. The largest absolute Gasteiger partial charge is 0.318 e. The van der Waals surface area contributed by atoms with Crippen molar-refractivity contribution >= 4 is 33.8 Å². The van der Waals surface area contributed by atoms with Crippen LogP contribution in [0.4, 0.5) is 5.69 Å². The lowest BCUT2D eigenvalue weighted by atomic mass is 10.1. The number of aromatic nitrogens is 7. The molecule has 0 aliphatic rings. The molecule has 0 fully saturated rings. The number of hydrogen-bond acceptors (Lipinski definition) is 6. The summed E-state index contributed by atoms with van der Waals surface area (Å²) in [4.78, 5) is 17.2. The highest BCUT2D eigenvalue weighted by atomic mass is 32.1. The number of carbonyl (C=O) groups excluding carboxylic acids is 1. The third-order valence-corrected chi connectivity index (χ3v) is 5.57. The number of anilines is 1.